The molecule has 2 heterocycles. The molecule has 2 rings (SSSR count). The minimum absolute atomic E-state index is 0.0542. The first kappa shape index (κ1) is 14.0. The summed E-state index contributed by atoms with van der Waals surface area (Å²) in [6.45, 7) is 9.12. The predicted molar refractivity (Wildman–Crippen MR) is 73.9 cm³/mol. The second-order valence-electron chi connectivity index (χ2n) is 5.03. The van der Waals surface area contributed by atoms with E-state index in [9.17, 15) is 4.79 Å². The number of carbonyl (C=O) groups is 1. The minimum Gasteiger partial charge on any atom is -0.353 e. The van der Waals surface area contributed by atoms with E-state index in [1.165, 1.54) is 0 Å². The SMILES string of the molecule is Cc1cnn(CCNC(=O)C(C)N2CCNCC2)c1. The summed E-state index contributed by atoms with van der Waals surface area (Å²) in [6, 6.07) is -0.0542. The molecule has 1 aliphatic rings. The van der Waals surface area contributed by atoms with Crippen molar-refractivity contribution in [3.63, 3.8) is 0 Å². The van der Waals surface area contributed by atoms with Crippen molar-refractivity contribution in [2.75, 3.05) is 32.7 Å². The van der Waals surface area contributed by atoms with Crippen LogP contribution in [-0.4, -0.2) is 59.4 Å². The Kier molecular flexibility index (Phi) is 4.93. The third-order valence-electron chi connectivity index (χ3n) is 3.48. The van der Waals surface area contributed by atoms with E-state index in [0.29, 0.717) is 13.1 Å². The second-order valence-corrected chi connectivity index (χ2v) is 5.03. The Bertz CT molecular complexity index is 411. The van der Waals surface area contributed by atoms with E-state index in [1.54, 1.807) is 0 Å². The number of aromatic nitrogens is 2. The Morgan fingerprint density at radius 3 is 2.89 bits per heavy atom. The lowest BCUT2D eigenvalue weighted by Gasteiger charge is -2.31. The molecular weight excluding hydrogens is 242 g/mol. The van der Waals surface area contributed by atoms with E-state index in [1.807, 2.05) is 30.9 Å². The smallest absolute Gasteiger partial charge is 0.237 e. The van der Waals surface area contributed by atoms with Crippen molar-refractivity contribution in [1.82, 2.24) is 25.3 Å². The number of piperazine rings is 1. The van der Waals surface area contributed by atoms with Crippen molar-refractivity contribution in [2.24, 2.45) is 0 Å². The van der Waals surface area contributed by atoms with Crippen LogP contribution in [0.25, 0.3) is 0 Å². The van der Waals surface area contributed by atoms with Crippen LogP contribution in [-0.2, 0) is 11.3 Å². The molecule has 1 fully saturated rings. The summed E-state index contributed by atoms with van der Waals surface area (Å²) in [5, 5.41) is 10.5. The third-order valence-corrected chi connectivity index (χ3v) is 3.48. The van der Waals surface area contributed by atoms with Crippen LogP contribution in [0.2, 0.25) is 0 Å². The maximum Gasteiger partial charge on any atom is 0.237 e. The maximum atomic E-state index is 12.0. The van der Waals surface area contributed by atoms with Gasteiger partial charge < -0.3 is 10.6 Å². The zero-order valence-electron chi connectivity index (χ0n) is 11.7. The zero-order chi connectivity index (χ0) is 13.7. The van der Waals surface area contributed by atoms with Crippen molar-refractivity contribution >= 4 is 5.91 Å². The topological polar surface area (TPSA) is 62.2 Å². The molecule has 1 aromatic rings. The van der Waals surface area contributed by atoms with Gasteiger partial charge >= 0.3 is 0 Å². The lowest BCUT2D eigenvalue weighted by atomic mass is 10.2. The average Bonchev–Trinajstić information content (AvgIpc) is 2.84. The first-order valence-corrected chi connectivity index (χ1v) is 6.88. The van der Waals surface area contributed by atoms with Crippen LogP contribution in [0.1, 0.15) is 12.5 Å². The number of amides is 1. The minimum atomic E-state index is -0.0542. The molecule has 1 saturated heterocycles. The van der Waals surface area contributed by atoms with Crippen molar-refractivity contribution in [3.05, 3.63) is 18.0 Å². The van der Waals surface area contributed by atoms with Crippen molar-refractivity contribution in [1.29, 1.82) is 0 Å². The Labute approximate surface area is 114 Å². The van der Waals surface area contributed by atoms with Crippen LogP contribution in [0.15, 0.2) is 12.4 Å². The molecule has 0 radical (unpaired) electrons. The third kappa shape index (κ3) is 4.04. The van der Waals surface area contributed by atoms with Crippen LogP contribution in [0.4, 0.5) is 0 Å². The van der Waals surface area contributed by atoms with Gasteiger partial charge in [0.2, 0.25) is 5.91 Å². The van der Waals surface area contributed by atoms with Crippen LogP contribution < -0.4 is 10.6 Å². The van der Waals surface area contributed by atoms with Crippen LogP contribution >= 0.6 is 0 Å². The first-order chi connectivity index (χ1) is 9.16. The molecule has 1 unspecified atom stereocenters. The van der Waals surface area contributed by atoms with Gasteiger partial charge in [-0.25, -0.2) is 0 Å². The Morgan fingerprint density at radius 2 is 2.26 bits per heavy atom. The molecule has 0 spiro atoms. The van der Waals surface area contributed by atoms with Gasteiger partial charge in [-0.15, -0.1) is 0 Å². The van der Waals surface area contributed by atoms with Gasteiger partial charge in [0.25, 0.3) is 0 Å². The summed E-state index contributed by atoms with van der Waals surface area (Å²) in [6.07, 6.45) is 3.80. The number of carbonyl (C=O) groups excluding carboxylic acids is 1. The number of hydrogen-bond acceptors (Lipinski definition) is 4. The summed E-state index contributed by atoms with van der Waals surface area (Å²) in [7, 11) is 0. The summed E-state index contributed by atoms with van der Waals surface area (Å²) in [4.78, 5) is 14.2. The highest BCUT2D eigenvalue weighted by molar-refractivity contribution is 5.81. The number of nitrogens with zero attached hydrogens (tertiary/aromatic N) is 3. The Balaban J connectivity index is 1.71. The molecule has 1 amide bonds. The van der Waals surface area contributed by atoms with Gasteiger partial charge in [0.1, 0.15) is 0 Å². The monoisotopic (exact) mass is 265 g/mol. The summed E-state index contributed by atoms with van der Waals surface area (Å²) in [5.41, 5.74) is 1.14. The molecule has 1 aromatic heterocycles. The molecule has 0 saturated carbocycles. The predicted octanol–water partition coefficient (Wildman–Crippen LogP) is -0.399. The van der Waals surface area contributed by atoms with Crippen LogP contribution in [0.3, 0.4) is 0 Å². The quantitative estimate of drug-likeness (QED) is 0.760. The van der Waals surface area contributed by atoms with Crippen molar-refractivity contribution in [2.45, 2.75) is 26.4 Å². The molecule has 0 aromatic carbocycles. The lowest BCUT2D eigenvalue weighted by Crippen LogP contribution is -2.52. The van der Waals surface area contributed by atoms with Gasteiger partial charge in [-0.3, -0.25) is 14.4 Å². The molecule has 0 aliphatic carbocycles. The molecule has 106 valence electrons. The molecule has 1 aliphatic heterocycles. The summed E-state index contributed by atoms with van der Waals surface area (Å²) < 4.78 is 1.85. The molecule has 6 nitrogen and oxygen atoms in total. The highest BCUT2D eigenvalue weighted by Crippen LogP contribution is 2.01. The van der Waals surface area contributed by atoms with Crippen molar-refractivity contribution in [3.8, 4) is 0 Å². The van der Waals surface area contributed by atoms with E-state index >= 15 is 0 Å². The summed E-state index contributed by atoms with van der Waals surface area (Å²) >= 11 is 0. The van der Waals surface area contributed by atoms with E-state index in [-0.39, 0.29) is 11.9 Å². The van der Waals surface area contributed by atoms with Gasteiger partial charge in [0, 0.05) is 38.9 Å². The average molecular weight is 265 g/mol. The number of nitrogens with one attached hydrogen (secondary N) is 2. The fourth-order valence-electron chi connectivity index (χ4n) is 2.27. The molecule has 19 heavy (non-hydrogen) atoms. The fourth-order valence-corrected chi connectivity index (χ4v) is 2.27. The van der Waals surface area contributed by atoms with Gasteiger partial charge in [-0.1, -0.05) is 0 Å². The molecule has 2 N–H and O–H groups in total. The van der Waals surface area contributed by atoms with Gasteiger partial charge in [-0.2, -0.15) is 5.10 Å². The number of hydrogen-bond donors (Lipinski definition) is 2. The van der Waals surface area contributed by atoms with Crippen LogP contribution in [0, 0.1) is 6.92 Å². The standard InChI is InChI=1S/C13H23N5O/c1-11-9-16-18(10-11)8-5-15-13(19)12(2)17-6-3-14-4-7-17/h9-10,12,14H,3-8H2,1-2H3,(H,15,19). The van der Waals surface area contributed by atoms with E-state index in [0.717, 1.165) is 31.7 Å². The Hall–Kier alpha value is -1.40. The fraction of sp³-hybridized carbons (Fsp3) is 0.692. The molecule has 0 bridgehead atoms. The number of aryl methyl sites for hydroxylation is 1. The van der Waals surface area contributed by atoms with Gasteiger partial charge in [0.05, 0.1) is 18.8 Å². The van der Waals surface area contributed by atoms with E-state index in [2.05, 4.69) is 20.6 Å². The highest BCUT2D eigenvalue weighted by atomic mass is 16.2. The largest absolute Gasteiger partial charge is 0.353 e. The first-order valence-electron chi connectivity index (χ1n) is 6.88. The Morgan fingerprint density at radius 1 is 1.53 bits per heavy atom. The second kappa shape index (κ2) is 6.68. The van der Waals surface area contributed by atoms with Gasteiger partial charge in [-0.05, 0) is 19.4 Å². The number of rotatable bonds is 5. The molecule has 6 heteroatoms. The van der Waals surface area contributed by atoms with Crippen LogP contribution in [0.5, 0.6) is 0 Å². The summed E-state index contributed by atoms with van der Waals surface area (Å²) in [5.74, 6) is 0.103. The zero-order valence-corrected chi connectivity index (χ0v) is 11.7. The molecule has 1 atom stereocenters. The molecular formula is C13H23N5O. The normalized spacial score (nSPS) is 18.2. The van der Waals surface area contributed by atoms with Crippen molar-refractivity contribution < 1.29 is 4.79 Å². The van der Waals surface area contributed by atoms with E-state index in [4.69, 9.17) is 0 Å². The van der Waals surface area contributed by atoms with Gasteiger partial charge in [0.15, 0.2) is 0 Å². The highest BCUT2D eigenvalue weighted by Gasteiger charge is 2.22. The lowest BCUT2D eigenvalue weighted by molar-refractivity contribution is -0.126. The van der Waals surface area contributed by atoms with E-state index < -0.39 is 0 Å². The maximum absolute atomic E-state index is 12.0.